The molecule has 96 valence electrons. The van der Waals surface area contributed by atoms with Crippen molar-refractivity contribution in [2.24, 2.45) is 0 Å². The first-order valence-corrected chi connectivity index (χ1v) is 7.45. The Morgan fingerprint density at radius 3 is 2.82 bits per heavy atom. The third-order valence-corrected chi connectivity index (χ3v) is 4.79. The maximum Gasteiger partial charge on any atom is 0.153 e. The van der Waals surface area contributed by atoms with Crippen LogP contribution in [0.3, 0.4) is 0 Å². The summed E-state index contributed by atoms with van der Waals surface area (Å²) in [7, 11) is -3.10. The highest BCUT2D eigenvalue weighted by Gasteiger charge is 2.41. The van der Waals surface area contributed by atoms with Gasteiger partial charge in [0.2, 0.25) is 0 Å². The Labute approximate surface area is 101 Å². The van der Waals surface area contributed by atoms with Gasteiger partial charge in [-0.3, -0.25) is 0 Å². The molecule has 1 aromatic heterocycles. The first-order chi connectivity index (χ1) is 7.81. The van der Waals surface area contributed by atoms with Crippen LogP contribution < -0.4 is 0 Å². The third-order valence-electron chi connectivity index (χ3n) is 2.99. The molecule has 0 radical (unpaired) electrons. The van der Waals surface area contributed by atoms with Crippen LogP contribution >= 0.6 is 0 Å². The van der Waals surface area contributed by atoms with E-state index in [9.17, 15) is 13.5 Å². The summed E-state index contributed by atoms with van der Waals surface area (Å²) < 4.78 is 24.5. The highest BCUT2D eigenvalue weighted by atomic mass is 32.2. The van der Waals surface area contributed by atoms with E-state index in [1.165, 1.54) is 6.33 Å². The Kier molecular flexibility index (Phi) is 2.99. The van der Waals surface area contributed by atoms with Crippen molar-refractivity contribution in [2.45, 2.75) is 38.3 Å². The summed E-state index contributed by atoms with van der Waals surface area (Å²) in [5.41, 5.74) is -1.18. The zero-order valence-corrected chi connectivity index (χ0v) is 10.8. The van der Waals surface area contributed by atoms with Crippen LogP contribution in [0.4, 0.5) is 0 Å². The molecule has 1 unspecified atom stereocenters. The van der Waals surface area contributed by atoms with E-state index < -0.39 is 15.4 Å². The topological polar surface area (TPSA) is 85.1 Å². The van der Waals surface area contributed by atoms with E-state index in [2.05, 4.69) is 10.1 Å². The van der Waals surface area contributed by atoms with Gasteiger partial charge in [-0.05, 0) is 20.3 Å². The van der Waals surface area contributed by atoms with Crippen molar-refractivity contribution in [2.75, 3.05) is 11.5 Å². The van der Waals surface area contributed by atoms with Crippen molar-refractivity contribution < 1.29 is 13.5 Å². The van der Waals surface area contributed by atoms with Gasteiger partial charge in [0.15, 0.2) is 9.84 Å². The Hall–Kier alpha value is -0.950. The average molecular weight is 259 g/mol. The Bertz CT molecular complexity index is 509. The van der Waals surface area contributed by atoms with Crippen molar-refractivity contribution in [3.63, 3.8) is 0 Å². The summed E-state index contributed by atoms with van der Waals surface area (Å²) >= 11 is 0. The highest BCUT2D eigenvalue weighted by Crippen LogP contribution is 2.27. The fraction of sp³-hybridized carbons (Fsp3) is 0.800. The second-order valence-corrected chi connectivity index (χ2v) is 7.14. The van der Waals surface area contributed by atoms with Gasteiger partial charge in [-0.2, -0.15) is 5.10 Å². The number of aliphatic hydroxyl groups is 1. The molecular formula is C10H17N3O3S. The van der Waals surface area contributed by atoms with Crippen LogP contribution in [0.15, 0.2) is 6.33 Å². The van der Waals surface area contributed by atoms with Gasteiger partial charge in [0.05, 0.1) is 17.1 Å². The molecule has 1 aromatic rings. The zero-order valence-electron chi connectivity index (χ0n) is 10.00. The van der Waals surface area contributed by atoms with Gasteiger partial charge < -0.3 is 5.11 Å². The first kappa shape index (κ1) is 12.5. The van der Waals surface area contributed by atoms with Crippen molar-refractivity contribution in [1.29, 1.82) is 0 Å². The van der Waals surface area contributed by atoms with Gasteiger partial charge in [0.1, 0.15) is 12.2 Å². The molecule has 0 bridgehead atoms. The zero-order chi connectivity index (χ0) is 12.7. The van der Waals surface area contributed by atoms with E-state index in [0.717, 1.165) is 0 Å². The lowest BCUT2D eigenvalue weighted by atomic mass is 9.99. The maximum atomic E-state index is 11.4. The van der Waals surface area contributed by atoms with E-state index in [4.69, 9.17) is 0 Å². The number of hydrogen-bond acceptors (Lipinski definition) is 5. The highest BCUT2D eigenvalue weighted by molar-refractivity contribution is 7.91. The van der Waals surface area contributed by atoms with Crippen molar-refractivity contribution in [3.05, 3.63) is 12.2 Å². The van der Waals surface area contributed by atoms with Crippen LogP contribution in [0.1, 0.15) is 32.1 Å². The predicted molar refractivity (Wildman–Crippen MR) is 62.3 cm³/mol. The quantitative estimate of drug-likeness (QED) is 0.822. The molecule has 1 saturated heterocycles. The number of rotatable bonds is 3. The van der Waals surface area contributed by atoms with Gasteiger partial charge in [-0.1, -0.05) is 0 Å². The molecule has 0 saturated carbocycles. The number of aromatic nitrogens is 3. The third kappa shape index (κ3) is 2.66. The minimum atomic E-state index is -3.10. The van der Waals surface area contributed by atoms with E-state index in [1.54, 1.807) is 4.68 Å². The smallest absolute Gasteiger partial charge is 0.153 e. The molecule has 17 heavy (non-hydrogen) atoms. The lowest BCUT2D eigenvalue weighted by Gasteiger charge is -2.20. The second-order valence-electron chi connectivity index (χ2n) is 4.96. The fourth-order valence-electron chi connectivity index (χ4n) is 2.16. The molecule has 1 fully saturated rings. The summed E-state index contributed by atoms with van der Waals surface area (Å²) in [4.78, 5) is 4.09. The van der Waals surface area contributed by atoms with Crippen LogP contribution in [0.2, 0.25) is 0 Å². The normalized spacial score (nSPS) is 27.8. The largest absolute Gasteiger partial charge is 0.388 e. The fourth-order valence-corrected chi connectivity index (χ4v) is 4.07. The standard InChI is InChI=1S/C10H17N3O3S/c1-8(2)13-9(11-7-12-13)5-10(14)3-4-17(15,16)6-10/h7-8,14H,3-6H2,1-2H3. The van der Waals surface area contributed by atoms with Crippen molar-refractivity contribution in [1.82, 2.24) is 14.8 Å². The first-order valence-electron chi connectivity index (χ1n) is 5.63. The molecule has 6 nitrogen and oxygen atoms in total. The lowest BCUT2D eigenvalue weighted by Crippen LogP contribution is -2.34. The molecule has 2 rings (SSSR count). The van der Waals surface area contributed by atoms with E-state index in [-0.39, 0.29) is 30.4 Å². The van der Waals surface area contributed by atoms with Gasteiger partial charge in [-0.25, -0.2) is 18.1 Å². The second kappa shape index (κ2) is 4.06. The molecule has 1 aliphatic rings. The maximum absolute atomic E-state index is 11.4. The Balaban J connectivity index is 2.19. The van der Waals surface area contributed by atoms with Gasteiger partial charge >= 0.3 is 0 Å². The monoisotopic (exact) mass is 259 g/mol. The van der Waals surface area contributed by atoms with Crippen LogP contribution in [0, 0.1) is 0 Å². The lowest BCUT2D eigenvalue weighted by molar-refractivity contribution is 0.0645. The molecule has 0 aromatic carbocycles. The number of hydrogen-bond donors (Lipinski definition) is 1. The van der Waals surface area contributed by atoms with Crippen LogP contribution in [0.25, 0.3) is 0 Å². The minimum absolute atomic E-state index is 0.0549. The summed E-state index contributed by atoms with van der Waals surface area (Å²) in [5.74, 6) is 0.518. The summed E-state index contributed by atoms with van der Waals surface area (Å²) in [6.07, 6.45) is 1.95. The molecule has 1 aliphatic heterocycles. The van der Waals surface area contributed by atoms with Crippen LogP contribution in [-0.4, -0.2) is 45.4 Å². The molecule has 2 heterocycles. The molecular weight excluding hydrogens is 242 g/mol. The SMILES string of the molecule is CC(C)n1ncnc1CC1(O)CCS(=O)(=O)C1. The van der Waals surface area contributed by atoms with Gasteiger partial charge in [0, 0.05) is 12.5 Å². The van der Waals surface area contributed by atoms with Gasteiger partial charge in [-0.15, -0.1) is 0 Å². The molecule has 1 atom stereocenters. The summed E-state index contributed by atoms with van der Waals surface area (Å²) in [6, 6.07) is 0.147. The minimum Gasteiger partial charge on any atom is -0.388 e. The molecule has 1 N–H and O–H groups in total. The molecule has 0 spiro atoms. The van der Waals surface area contributed by atoms with E-state index in [0.29, 0.717) is 5.82 Å². The van der Waals surface area contributed by atoms with Crippen molar-refractivity contribution in [3.8, 4) is 0 Å². The summed E-state index contributed by atoms with van der Waals surface area (Å²) in [6.45, 7) is 3.93. The number of sulfone groups is 1. The van der Waals surface area contributed by atoms with E-state index >= 15 is 0 Å². The predicted octanol–water partition coefficient (Wildman–Crippen LogP) is -0.0489. The summed E-state index contributed by atoms with van der Waals surface area (Å²) in [5, 5.41) is 14.3. The molecule has 0 aliphatic carbocycles. The Morgan fingerprint density at radius 2 is 2.29 bits per heavy atom. The molecule has 7 heteroatoms. The van der Waals surface area contributed by atoms with E-state index in [1.807, 2.05) is 13.8 Å². The molecule has 0 amide bonds. The Morgan fingerprint density at radius 1 is 1.59 bits per heavy atom. The van der Waals surface area contributed by atoms with Gasteiger partial charge in [0.25, 0.3) is 0 Å². The average Bonchev–Trinajstić information content (AvgIpc) is 2.71. The van der Waals surface area contributed by atoms with Crippen LogP contribution in [0.5, 0.6) is 0 Å². The number of nitrogens with zero attached hydrogens (tertiary/aromatic N) is 3. The van der Waals surface area contributed by atoms with Crippen LogP contribution in [-0.2, 0) is 16.3 Å². The van der Waals surface area contributed by atoms with Crippen molar-refractivity contribution >= 4 is 9.84 Å².